The van der Waals surface area contributed by atoms with Crippen molar-refractivity contribution in [2.75, 3.05) is 0 Å². The number of allylic oxidation sites excluding steroid dienone is 3. The lowest BCUT2D eigenvalue weighted by molar-refractivity contribution is 0.0301. The first-order valence-corrected chi connectivity index (χ1v) is 12.5. The van der Waals surface area contributed by atoms with Gasteiger partial charge in [-0.05, 0) is 55.0 Å². The second-order valence-electron chi connectivity index (χ2n) is 9.13. The summed E-state index contributed by atoms with van der Waals surface area (Å²) in [6.07, 6.45) is 10.9. The van der Waals surface area contributed by atoms with Crippen LogP contribution in [0.2, 0.25) is 0 Å². The van der Waals surface area contributed by atoms with Gasteiger partial charge in [-0.25, -0.2) is 4.79 Å². The van der Waals surface area contributed by atoms with Gasteiger partial charge in [0.05, 0.1) is 11.3 Å². The van der Waals surface area contributed by atoms with Gasteiger partial charge < -0.3 is 9.57 Å². The summed E-state index contributed by atoms with van der Waals surface area (Å²) >= 11 is 0. The summed E-state index contributed by atoms with van der Waals surface area (Å²) in [7, 11) is 0. The third-order valence-corrected chi connectivity index (χ3v) is 6.14. The van der Waals surface area contributed by atoms with E-state index >= 15 is 0 Å². The molecule has 1 atom stereocenters. The molecule has 36 heavy (non-hydrogen) atoms. The minimum Gasteiger partial charge on any atom is -0.454 e. The van der Waals surface area contributed by atoms with Gasteiger partial charge in [0.25, 0.3) is 0 Å². The zero-order valence-corrected chi connectivity index (χ0v) is 21.0. The fourth-order valence-corrected chi connectivity index (χ4v) is 4.43. The van der Waals surface area contributed by atoms with Crippen LogP contribution in [0.15, 0.2) is 102 Å². The molecular weight excluding hydrogens is 446 g/mol. The number of carbonyl (C=O) groups excluding carboxylic acids is 1. The quantitative estimate of drug-likeness (QED) is 0.220. The first-order chi connectivity index (χ1) is 17.6. The Morgan fingerprint density at radius 1 is 0.917 bits per heavy atom. The van der Waals surface area contributed by atoms with Crippen molar-refractivity contribution >= 4 is 11.7 Å². The number of hydrogen-bond donors (Lipinski definition) is 0. The van der Waals surface area contributed by atoms with Crippen molar-refractivity contribution in [3.05, 3.63) is 130 Å². The number of fused-ring (bicyclic) bond motifs is 1. The molecule has 0 aromatic heterocycles. The fraction of sp³-hybridized carbons (Fsp3) is 0.250. The molecule has 0 saturated carbocycles. The smallest absolute Gasteiger partial charge is 0.339 e. The van der Waals surface area contributed by atoms with E-state index in [1.165, 1.54) is 0 Å². The molecule has 0 fully saturated rings. The summed E-state index contributed by atoms with van der Waals surface area (Å²) in [5.74, 6) is -0.310. The Morgan fingerprint density at radius 3 is 2.42 bits per heavy atom. The molecule has 0 spiro atoms. The third-order valence-electron chi connectivity index (χ3n) is 6.14. The lowest BCUT2D eigenvalue weighted by Crippen LogP contribution is -2.16. The zero-order chi connectivity index (χ0) is 25.2. The van der Waals surface area contributed by atoms with Gasteiger partial charge in [-0.2, -0.15) is 0 Å². The summed E-state index contributed by atoms with van der Waals surface area (Å²) < 4.78 is 6.12. The van der Waals surface area contributed by atoms with Crippen molar-refractivity contribution in [3.63, 3.8) is 0 Å². The van der Waals surface area contributed by atoms with E-state index in [2.05, 4.69) is 23.4 Å². The molecule has 3 aromatic rings. The average Bonchev–Trinajstić information content (AvgIpc) is 2.87. The Hall–Kier alpha value is -3.92. The van der Waals surface area contributed by atoms with Crippen LogP contribution in [0.25, 0.3) is 0 Å². The van der Waals surface area contributed by atoms with Crippen LogP contribution >= 0.6 is 0 Å². The average molecular weight is 480 g/mol. The van der Waals surface area contributed by atoms with Crippen molar-refractivity contribution in [2.45, 2.75) is 52.2 Å². The molecule has 1 aliphatic rings. The van der Waals surface area contributed by atoms with E-state index in [0.717, 1.165) is 46.4 Å². The fourth-order valence-electron chi connectivity index (χ4n) is 4.43. The van der Waals surface area contributed by atoms with Crippen molar-refractivity contribution in [2.24, 2.45) is 5.16 Å². The Labute approximate surface area is 214 Å². The van der Waals surface area contributed by atoms with Crippen molar-refractivity contribution in [3.8, 4) is 0 Å². The van der Waals surface area contributed by atoms with E-state index < -0.39 is 0 Å². The molecule has 4 rings (SSSR count). The molecule has 1 aliphatic heterocycles. The van der Waals surface area contributed by atoms with Crippen molar-refractivity contribution in [1.29, 1.82) is 0 Å². The summed E-state index contributed by atoms with van der Waals surface area (Å²) in [6.45, 7) is 4.40. The predicted molar refractivity (Wildman–Crippen MR) is 145 cm³/mol. The molecule has 0 saturated heterocycles. The lowest BCUT2D eigenvalue weighted by Gasteiger charge is -2.20. The number of hydrogen-bond acceptors (Lipinski definition) is 4. The number of ether oxygens (including phenoxy) is 1. The molecule has 3 aromatic carbocycles. The highest BCUT2D eigenvalue weighted by molar-refractivity contribution is 6.00. The lowest BCUT2D eigenvalue weighted by atomic mass is 9.94. The molecule has 1 heterocycles. The molecule has 0 N–H and O–H groups in total. The third kappa shape index (κ3) is 7.05. The summed E-state index contributed by atoms with van der Waals surface area (Å²) in [5.41, 5.74) is 6.31. The Morgan fingerprint density at radius 2 is 1.64 bits per heavy atom. The molecule has 0 amide bonds. The van der Waals surface area contributed by atoms with Crippen LogP contribution in [-0.2, 0) is 22.6 Å². The molecular formula is C32H33NO3. The van der Waals surface area contributed by atoms with E-state index in [1.54, 1.807) is 0 Å². The van der Waals surface area contributed by atoms with E-state index in [0.29, 0.717) is 25.0 Å². The van der Waals surface area contributed by atoms with Crippen LogP contribution in [0.3, 0.4) is 0 Å². The minimum atomic E-state index is -0.343. The molecule has 4 heteroatoms. The van der Waals surface area contributed by atoms with Crippen molar-refractivity contribution < 1.29 is 14.4 Å². The monoisotopic (exact) mass is 479 g/mol. The highest BCUT2D eigenvalue weighted by atomic mass is 16.6. The Balaban J connectivity index is 1.66. The first-order valence-electron chi connectivity index (χ1n) is 12.5. The number of benzene rings is 3. The highest BCUT2D eigenvalue weighted by Gasteiger charge is 2.22. The maximum Gasteiger partial charge on any atom is 0.339 e. The molecule has 0 bridgehead atoms. The van der Waals surface area contributed by atoms with E-state index in [-0.39, 0.29) is 12.1 Å². The SMILES string of the molecule is Cc1cc(C)c2c(c1)CC(=N/OCc1ccccc1)/C=C/CC/C=C/C[C@H](c1ccccc1)OC2=O. The van der Waals surface area contributed by atoms with Gasteiger partial charge in [0.15, 0.2) is 0 Å². The second kappa shape index (κ2) is 12.7. The summed E-state index contributed by atoms with van der Waals surface area (Å²) in [5, 5.41) is 4.45. The van der Waals surface area contributed by atoms with Crippen LogP contribution in [0.5, 0.6) is 0 Å². The summed E-state index contributed by atoms with van der Waals surface area (Å²) in [4.78, 5) is 19.3. The number of carbonyl (C=O) groups is 1. The van der Waals surface area contributed by atoms with Crippen LogP contribution in [0.1, 0.15) is 63.5 Å². The number of cyclic esters (lactones) is 1. The van der Waals surface area contributed by atoms with Crippen LogP contribution in [0.4, 0.5) is 0 Å². The van der Waals surface area contributed by atoms with Gasteiger partial charge in [-0.1, -0.05) is 102 Å². The van der Waals surface area contributed by atoms with Gasteiger partial charge in [0.2, 0.25) is 0 Å². The highest BCUT2D eigenvalue weighted by Crippen LogP contribution is 2.27. The Bertz CT molecular complexity index is 1240. The number of oxime groups is 1. The maximum atomic E-state index is 13.6. The molecule has 0 aliphatic carbocycles. The number of rotatable bonds is 4. The van der Waals surface area contributed by atoms with Crippen LogP contribution in [0, 0.1) is 13.8 Å². The van der Waals surface area contributed by atoms with E-state index in [4.69, 9.17) is 9.57 Å². The normalized spacial score (nSPS) is 19.6. The van der Waals surface area contributed by atoms with Crippen LogP contribution in [-0.4, -0.2) is 11.7 Å². The standard InChI is InChI=1S/C32H33NO3/c1-24-20-25(2)31-28(21-24)22-29(33-35-23-26-14-8-6-9-15-26)18-12-4-3-5-13-19-30(36-32(31)34)27-16-10-7-11-17-27/h5-18,20-21,30H,3-4,19,22-23H2,1-2H3/b13-5+,18-12+,33-29+/t30-/m1/s1. The molecule has 0 radical (unpaired) electrons. The number of nitrogens with zero attached hydrogens (tertiary/aromatic N) is 1. The van der Waals surface area contributed by atoms with Gasteiger partial charge in [0, 0.05) is 12.8 Å². The molecule has 0 unspecified atom stereocenters. The summed E-state index contributed by atoms with van der Waals surface area (Å²) in [6, 6.07) is 24.0. The Kier molecular flexibility index (Phi) is 8.87. The van der Waals surface area contributed by atoms with E-state index in [9.17, 15) is 4.79 Å². The van der Waals surface area contributed by atoms with Gasteiger partial charge in [-0.15, -0.1) is 0 Å². The predicted octanol–water partition coefficient (Wildman–Crippen LogP) is 7.61. The maximum absolute atomic E-state index is 13.6. The number of aryl methyl sites for hydroxylation is 2. The number of esters is 1. The molecule has 184 valence electrons. The topological polar surface area (TPSA) is 47.9 Å². The largest absolute Gasteiger partial charge is 0.454 e. The van der Waals surface area contributed by atoms with E-state index in [1.807, 2.05) is 92.7 Å². The minimum absolute atomic E-state index is 0.310. The van der Waals surface area contributed by atoms with Gasteiger partial charge >= 0.3 is 5.97 Å². The van der Waals surface area contributed by atoms with Crippen molar-refractivity contribution in [1.82, 2.24) is 0 Å². The van der Waals surface area contributed by atoms with Crippen LogP contribution < -0.4 is 0 Å². The van der Waals surface area contributed by atoms with Gasteiger partial charge in [0.1, 0.15) is 12.7 Å². The zero-order valence-electron chi connectivity index (χ0n) is 21.0. The molecule has 4 nitrogen and oxygen atoms in total. The van der Waals surface area contributed by atoms with Gasteiger partial charge in [-0.3, -0.25) is 0 Å². The first kappa shape index (κ1) is 25.2. The second-order valence-corrected chi connectivity index (χ2v) is 9.13.